The van der Waals surface area contributed by atoms with Gasteiger partial charge < -0.3 is 20.5 Å². The van der Waals surface area contributed by atoms with E-state index in [1.165, 1.54) is 0 Å². The number of halogens is 1. The molecule has 1 fully saturated rings. The SMILES string of the molecule is CCNC(=NCc1ccccc1-n1ccc(C)n1)NCC1(CCO)CCOC1.I. The van der Waals surface area contributed by atoms with Crippen LogP contribution >= 0.6 is 24.0 Å². The molecule has 1 saturated heterocycles. The average molecular weight is 513 g/mol. The normalized spacial score (nSPS) is 19.1. The summed E-state index contributed by atoms with van der Waals surface area (Å²) in [5.74, 6) is 0.776. The van der Waals surface area contributed by atoms with Crippen LogP contribution in [0.2, 0.25) is 0 Å². The maximum absolute atomic E-state index is 9.42. The minimum Gasteiger partial charge on any atom is -0.396 e. The summed E-state index contributed by atoms with van der Waals surface area (Å²) in [4.78, 5) is 4.78. The van der Waals surface area contributed by atoms with Gasteiger partial charge in [0.2, 0.25) is 0 Å². The Kier molecular flexibility index (Phi) is 9.38. The number of hydrogen-bond acceptors (Lipinski definition) is 4. The van der Waals surface area contributed by atoms with E-state index >= 15 is 0 Å². The number of para-hydroxylation sites is 1. The molecule has 1 aliphatic heterocycles. The van der Waals surface area contributed by atoms with Crippen LogP contribution in [-0.4, -0.2) is 53.8 Å². The van der Waals surface area contributed by atoms with E-state index in [0.717, 1.165) is 55.4 Å². The van der Waals surface area contributed by atoms with E-state index in [9.17, 15) is 5.11 Å². The predicted molar refractivity (Wildman–Crippen MR) is 126 cm³/mol. The van der Waals surface area contributed by atoms with Crippen molar-refractivity contribution in [1.29, 1.82) is 0 Å². The van der Waals surface area contributed by atoms with E-state index in [2.05, 4.69) is 34.8 Å². The van der Waals surface area contributed by atoms with Crippen molar-refractivity contribution >= 4 is 29.9 Å². The Morgan fingerprint density at radius 3 is 2.79 bits per heavy atom. The minimum absolute atomic E-state index is 0. The zero-order valence-corrected chi connectivity index (χ0v) is 19.6. The standard InChI is InChI=1S/C21H31N5O2.HI/c1-3-22-20(24-15-21(9-12-27)10-13-28-16-21)23-14-18-6-4-5-7-19(18)26-11-8-17(2)25-26;/h4-8,11,27H,3,9-10,12-16H2,1-2H3,(H2,22,23,24);1H. The Bertz CT molecular complexity index is 787. The van der Waals surface area contributed by atoms with Crippen LogP contribution in [0.4, 0.5) is 0 Å². The smallest absolute Gasteiger partial charge is 0.191 e. The van der Waals surface area contributed by atoms with Crippen LogP contribution in [0.15, 0.2) is 41.5 Å². The Labute approximate surface area is 190 Å². The molecule has 160 valence electrons. The number of aliphatic imine (C=N–C) groups is 1. The molecular formula is C21H32IN5O2. The van der Waals surface area contributed by atoms with Crippen molar-refractivity contribution in [3.63, 3.8) is 0 Å². The van der Waals surface area contributed by atoms with E-state index in [-0.39, 0.29) is 36.0 Å². The highest BCUT2D eigenvalue weighted by atomic mass is 127. The number of guanidine groups is 1. The molecule has 2 heterocycles. The lowest BCUT2D eigenvalue weighted by Gasteiger charge is -2.27. The zero-order chi connectivity index (χ0) is 19.8. The highest BCUT2D eigenvalue weighted by Crippen LogP contribution is 2.31. The topological polar surface area (TPSA) is 83.7 Å². The van der Waals surface area contributed by atoms with Crippen LogP contribution in [0, 0.1) is 12.3 Å². The fraction of sp³-hybridized carbons (Fsp3) is 0.524. The van der Waals surface area contributed by atoms with Gasteiger partial charge in [-0.3, -0.25) is 0 Å². The van der Waals surface area contributed by atoms with Gasteiger partial charge in [0, 0.05) is 37.9 Å². The molecule has 3 N–H and O–H groups in total. The van der Waals surface area contributed by atoms with E-state index in [1.54, 1.807) is 0 Å². The van der Waals surface area contributed by atoms with Gasteiger partial charge in [-0.2, -0.15) is 5.10 Å². The third kappa shape index (κ3) is 6.42. The molecule has 1 aromatic carbocycles. The zero-order valence-electron chi connectivity index (χ0n) is 17.2. The lowest BCUT2D eigenvalue weighted by Crippen LogP contribution is -2.44. The van der Waals surface area contributed by atoms with Crippen LogP contribution < -0.4 is 10.6 Å². The first-order valence-corrected chi connectivity index (χ1v) is 9.97. The average Bonchev–Trinajstić information content (AvgIpc) is 3.34. The third-order valence-corrected chi connectivity index (χ3v) is 5.17. The lowest BCUT2D eigenvalue weighted by atomic mass is 9.84. The Balaban J connectivity index is 0.00000300. The number of benzene rings is 1. The molecule has 1 unspecified atom stereocenters. The first-order chi connectivity index (χ1) is 13.7. The van der Waals surface area contributed by atoms with Gasteiger partial charge in [0.15, 0.2) is 5.96 Å². The highest BCUT2D eigenvalue weighted by molar-refractivity contribution is 14.0. The molecule has 0 saturated carbocycles. The molecule has 3 rings (SSSR count). The molecule has 0 amide bonds. The van der Waals surface area contributed by atoms with Crippen molar-refractivity contribution < 1.29 is 9.84 Å². The van der Waals surface area contributed by atoms with Crippen molar-refractivity contribution in [2.75, 3.05) is 32.9 Å². The second kappa shape index (κ2) is 11.5. The number of hydrogen-bond donors (Lipinski definition) is 3. The third-order valence-electron chi connectivity index (χ3n) is 5.17. The molecule has 29 heavy (non-hydrogen) atoms. The highest BCUT2D eigenvalue weighted by Gasteiger charge is 2.34. The number of aliphatic hydroxyl groups is 1. The molecule has 1 atom stereocenters. The molecule has 0 radical (unpaired) electrons. The number of aromatic nitrogens is 2. The van der Waals surface area contributed by atoms with E-state index in [0.29, 0.717) is 13.2 Å². The van der Waals surface area contributed by atoms with Gasteiger partial charge in [0.05, 0.1) is 24.5 Å². The van der Waals surface area contributed by atoms with Crippen molar-refractivity contribution in [2.24, 2.45) is 10.4 Å². The number of ether oxygens (including phenoxy) is 1. The molecule has 7 nitrogen and oxygen atoms in total. The van der Waals surface area contributed by atoms with Gasteiger partial charge in [-0.25, -0.2) is 9.67 Å². The second-order valence-corrected chi connectivity index (χ2v) is 7.36. The summed E-state index contributed by atoms with van der Waals surface area (Å²) in [7, 11) is 0. The summed E-state index contributed by atoms with van der Waals surface area (Å²) in [6.45, 7) is 7.73. The van der Waals surface area contributed by atoms with Gasteiger partial charge in [-0.05, 0) is 44.4 Å². The summed E-state index contributed by atoms with van der Waals surface area (Å²) in [6.07, 6.45) is 3.67. The fourth-order valence-electron chi connectivity index (χ4n) is 3.51. The Hall–Kier alpha value is -1.65. The van der Waals surface area contributed by atoms with Gasteiger partial charge >= 0.3 is 0 Å². The van der Waals surface area contributed by atoms with Crippen molar-refractivity contribution in [3.8, 4) is 5.69 Å². The monoisotopic (exact) mass is 513 g/mol. The quantitative estimate of drug-likeness (QED) is 0.287. The predicted octanol–water partition coefficient (Wildman–Crippen LogP) is 2.64. The summed E-state index contributed by atoms with van der Waals surface area (Å²) in [5, 5.41) is 20.7. The number of aryl methyl sites for hydroxylation is 1. The molecule has 2 aromatic rings. The summed E-state index contributed by atoms with van der Waals surface area (Å²) in [5.41, 5.74) is 3.12. The van der Waals surface area contributed by atoms with Crippen LogP contribution in [-0.2, 0) is 11.3 Å². The number of rotatable bonds is 8. The van der Waals surface area contributed by atoms with Crippen LogP contribution in [0.5, 0.6) is 0 Å². The van der Waals surface area contributed by atoms with E-state index in [4.69, 9.17) is 9.73 Å². The van der Waals surface area contributed by atoms with Crippen LogP contribution in [0.1, 0.15) is 31.0 Å². The van der Waals surface area contributed by atoms with E-state index < -0.39 is 0 Å². The van der Waals surface area contributed by atoms with E-state index in [1.807, 2.05) is 36.0 Å². The molecule has 0 aliphatic carbocycles. The molecular weight excluding hydrogens is 481 g/mol. The largest absolute Gasteiger partial charge is 0.396 e. The number of aliphatic hydroxyl groups excluding tert-OH is 1. The lowest BCUT2D eigenvalue weighted by molar-refractivity contribution is 0.127. The fourth-order valence-corrected chi connectivity index (χ4v) is 3.51. The number of nitrogens with one attached hydrogen (secondary N) is 2. The summed E-state index contributed by atoms with van der Waals surface area (Å²) >= 11 is 0. The Morgan fingerprint density at radius 1 is 1.31 bits per heavy atom. The molecule has 8 heteroatoms. The molecule has 0 bridgehead atoms. The molecule has 0 spiro atoms. The van der Waals surface area contributed by atoms with Crippen LogP contribution in [0.25, 0.3) is 5.69 Å². The first kappa shape index (κ1) is 23.6. The second-order valence-electron chi connectivity index (χ2n) is 7.36. The van der Waals surface area contributed by atoms with Gasteiger partial charge in [-0.1, -0.05) is 18.2 Å². The molecule has 1 aliphatic rings. The summed E-state index contributed by atoms with van der Waals surface area (Å²) < 4.78 is 7.48. The van der Waals surface area contributed by atoms with Gasteiger partial charge in [0.25, 0.3) is 0 Å². The van der Waals surface area contributed by atoms with Crippen LogP contribution in [0.3, 0.4) is 0 Å². The van der Waals surface area contributed by atoms with Gasteiger partial charge in [-0.15, -0.1) is 24.0 Å². The maximum Gasteiger partial charge on any atom is 0.191 e. The minimum atomic E-state index is -0.0184. The van der Waals surface area contributed by atoms with Crippen molar-refractivity contribution in [1.82, 2.24) is 20.4 Å². The Morgan fingerprint density at radius 2 is 2.14 bits per heavy atom. The van der Waals surface area contributed by atoms with Crippen molar-refractivity contribution in [3.05, 3.63) is 47.8 Å². The first-order valence-electron chi connectivity index (χ1n) is 9.97. The number of nitrogens with zero attached hydrogens (tertiary/aromatic N) is 3. The van der Waals surface area contributed by atoms with Gasteiger partial charge in [0.1, 0.15) is 0 Å². The molecule has 1 aromatic heterocycles. The maximum atomic E-state index is 9.42. The van der Waals surface area contributed by atoms with Crippen molar-refractivity contribution in [2.45, 2.75) is 33.2 Å². The summed E-state index contributed by atoms with van der Waals surface area (Å²) in [6, 6.07) is 10.2.